The number of nitrogen functional groups attached to an aromatic ring is 2. The van der Waals surface area contributed by atoms with Gasteiger partial charge in [0.15, 0.2) is 0 Å². The van der Waals surface area contributed by atoms with Gasteiger partial charge in [0.1, 0.15) is 10.7 Å². The van der Waals surface area contributed by atoms with Crippen molar-refractivity contribution in [1.29, 1.82) is 0 Å². The van der Waals surface area contributed by atoms with Crippen molar-refractivity contribution in [2.45, 2.75) is 17.6 Å². The van der Waals surface area contributed by atoms with Crippen LogP contribution < -0.4 is 17.0 Å². The molecule has 0 spiro atoms. The minimum absolute atomic E-state index is 0.0393. The van der Waals surface area contributed by atoms with Crippen molar-refractivity contribution in [2.75, 3.05) is 11.5 Å². The SMILES string of the molecule is Cc1cccc(CSc2c(N)nc(N)[nH]c2=O)c1. The summed E-state index contributed by atoms with van der Waals surface area (Å²) in [6.07, 6.45) is 0. The molecule has 2 rings (SSSR count). The molecular formula is C12H14N4OS. The van der Waals surface area contributed by atoms with Gasteiger partial charge in [-0.2, -0.15) is 4.98 Å². The zero-order valence-corrected chi connectivity index (χ0v) is 10.8. The molecule has 1 aromatic carbocycles. The lowest BCUT2D eigenvalue weighted by molar-refractivity contribution is 1.07. The van der Waals surface area contributed by atoms with Gasteiger partial charge < -0.3 is 11.5 Å². The number of hydrogen-bond donors (Lipinski definition) is 3. The standard InChI is InChI=1S/C12H14N4OS/c1-7-3-2-4-8(5-7)6-18-9-10(13)15-12(14)16-11(9)17/h2-5H,6H2,1H3,(H5,13,14,15,16,17). The molecule has 0 unspecified atom stereocenters. The van der Waals surface area contributed by atoms with E-state index in [4.69, 9.17) is 11.5 Å². The summed E-state index contributed by atoms with van der Waals surface area (Å²) < 4.78 is 0. The highest BCUT2D eigenvalue weighted by atomic mass is 32.2. The van der Waals surface area contributed by atoms with Crippen molar-refractivity contribution >= 4 is 23.5 Å². The zero-order chi connectivity index (χ0) is 13.1. The Labute approximate surface area is 109 Å². The van der Waals surface area contributed by atoms with Crippen molar-refractivity contribution in [3.05, 3.63) is 45.7 Å². The molecule has 0 bridgehead atoms. The lowest BCUT2D eigenvalue weighted by atomic mass is 10.2. The van der Waals surface area contributed by atoms with Crippen LogP contribution in [0.4, 0.5) is 11.8 Å². The number of benzene rings is 1. The Morgan fingerprint density at radius 2 is 2.17 bits per heavy atom. The number of nitrogens with one attached hydrogen (secondary N) is 1. The summed E-state index contributed by atoms with van der Waals surface area (Å²) in [6.45, 7) is 2.03. The normalized spacial score (nSPS) is 10.5. The van der Waals surface area contributed by atoms with Gasteiger partial charge in [0, 0.05) is 5.75 Å². The van der Waals surface area contributed by atoms with Crippen LogP contribution in [0, 0.1) is 6.92 Å². The third kappa shape index (κ3) is 2.84. The first-order chi connectivity index (χ1) is 8.56. The van der Waals surface area contributed by atoms with Crippen molar-refractivity contribution in [2.24, 2.45) is 0 Å². The van der Waals surface area contributed by atoms with Crippen molar-refractivity contribution in [1.82, 2.24) is 9.97 Å². The van der Waals surface area contributed by atoms with Crippen LogP contribution in [0.25, 0.3) is 0 Å². The number of hydrogen-bond acceptors (Lipinski definition) is 5. The number of aromatic nitrogens is 2. The number of anilines is 2. The van der Waals surface area contributed by atoms with Crippen LogP contribution in [0.1, 0.15) is 11.1 Å². The van der Waals surface area contributed by atoms with Crippen LogP contribution in [-0.4, -0.2) is 9.97 Å². The monoisotopic (exact) mass is 262 g/mol. The quantitative estimate of drug-likeness (QED) is 0.729. The summed E-state index contributed by atoms with van der Waals surface area (Å²) in [7, 11) is 0. The summed E-state index contributed by atoms with van der Waals surface area (Å²) in [6, 6.07) is 8.09. The topological polar surface area (TPSA) is 97.8 Å². The van der Waals surface area contributed by atoms with Gasteiger partial charge in [0.05, 0.1) is 0 Å². The number of H-pyrrole nitrogens is 1. The molecule has 1 heterocycles. The fourth-order valence-electron chi connectivity index (χ4n) is 1.59. The molecule has 6 heteroatoms. The number of nitrogens with zero attached hydrogens (tertiary/aromatic N) is 1. The van der Waals surface area contributed by atoms with Crippen molar-refractivity contribution in [3.63, 3.8) is 0 Å². The van der Waals surface area contributed by atoms with E-state index in [2.05, 4.69) is 16.0 Å². The van der Waals surface area contributed by atoms with E-state index in [0.29, 0.717) is 10.6 Å². The van der Waals surface area contributed by atoms with Gasteiger partial charge in [-0.3, -0.25) is 9.78 Å². The number of nitrogens with two attached hydrogens (primary N) is 2. The molecular weight excluding hydrogens is 248 g/mol. The maximum absolute atomic E-state index is 11.7. The van der Waals surface area contributed by atoms with E-state index < -0.39 is 0 Å². The maximum Gasteiger partial charge on any atom is 0.268 e. The maximum atomic E-state index is 11.7. The number of aromatic amines is 1. The predicted molar refractivity (Wildman–Crippen MR) is 74.4 cm³/mol. The highest BCUT2D eigenvalue weighted by Gasteiger charge is 2.08. The molecule has 0 aliphatic carbocycles. The molecule has 0 fully saturated rings. The van der Waals surface area contributed by atoms with Gasteiger partial charge in [-0.05, 0) is 12.5 Å². The summed E-state index contributed by atoms with van der Waals surface area (Å²) in [5, 5.41) is 0. The van der Waals surface area contributed by atoms with Gasteiger partial charge in [-0.15, -0.1) is 11.8 Å². The van der Waals surface area contributed by atoms with Crippen LogP contribution >= 0.6 is 11.8 Å². The van der Waals surface area contributed by atoms with Crippen LogP contribution in [0.5, 0.6) is 0 Å². The summed E-state index contributed by atoms with van der Waals surface area (Å²) in [5.74, 6) is 0.881. The van der Waals surface area contributed by atoms with E-state index in [1.807, 2.05) is 25.1 Å². The Kier molecular flexibility index (Phi) is 3.57. The van der Waals surface area contributed by atoms with Crippen molar-refractivity contribution < 1.29 is 0 Å². The van der Waals surface area contributed by atoms with Gasteiger partial charge in [0.2, 0.25) is 5.95 Å². The molecule has 0 atom stereocenters. The largest absolute Gasteiger partial charge is 0.382 e. The van der Waals surface area contributed by atoms with Crippen LogP contribution in [-0.2, 0) is 5.75 Å². The van der Waals surface area contributed by atoms with E-state index in [1.165, 1.54) is 17.3 Å². The third-order valence-electron chi connectivity index (χ3n) is 2.39. The van der Waals surface area contributed by atoms with Crippen LogP contribution in [0.15, 0.2) is 34.0 Å². The molecule has 2 aromatic rings. The summed E-state index contributed by atoms with van der Waals surface area (Å²) >= 11 is 1.36. The molecule has 0 saturated heterocycles. The highest BCUT2D eigenvalue weighted by Crippen LogP contribution is 2.23. The second-order valence-corrected chi connectivity index (χ2v) is 4.93. The fourth-order valence-corrected chi connectivity index (χ4v) is 2.46. The Balaban J connectivity index is 2.18. The fraction of sp³-hybridized carbons (Fsp3) is 0.167. The average molecular weight is 262 g/mol. The molecule has 94 valence electrons. The predicted octanol–water partition coefficient (Wildman–Crippen LogP) is 1.54. The molecule has 0 aliphatic rings. The lowest BCUT2D eigenvalue weighted by Crippen LogP contribution is -2.15. The van der Waals surface area contributed by atoms with Gasteiger partial charge in [-0.1, -0.05) is 29.8 Å². The molecule has 5 nitrogen and oxygen atoms in total. The number of thioether (sulfide) groups is 1. The van der Waals surface area contributed by atoms with E-state index in [9.17, 15) is 4.79 Å². The molecule has 1 aromatic heterocycles. The Morgan fingerprint density at radius 3 is 2.83 bits per heavy atom. The Morgan fingerprint density at radius 1 is 1.39 bits per heavy atom. The summed E-state index contributed by atoms with van der Waals surface area (Å²) in [4.78, 5) is 18.4. The first-order valence-electron chi connectivity index (χ1n) is 5.40. The molecule has 0 aliphatic heterocycles. The first kappa shape index (κ1) is 12.5. The van der Waals surface area contributed by atoms with E-state index in [-0.39, 0.29) is 17.3 Å². The van der Waals surface area contributed by atoms with Gasteiger partial charge in [-0.25, -0.2) is 0 Å². The minimum Gasteiger partial charge on any atom is -0.382 e. The van der Waals surface area contributed by atoms with E-state index in [1.54, 1.807) is 0 Å². The average Bonchev–Trinajstić information content (AvgIpc) is 2.27. The zero-order valence-electron chi connectivity index (χ0n) is 9.93. The third-order valence-corrected chi connectivity index (χ3v) is 3.55. The smallest absolute Gasteiger partial charge is 0.268 e. The van der Waals surface area contributed by atoms with E-state index >= 15 is 0 Å². The molecule has 18 heavy (non-hydrogen) atoms. The minimum atomic E-state index is -0.294. The molecule has 5 N–H and O–H groups in total. The summed E-state index contributed by atoms with van der Waals surface area (Å²) in [5.41, 5.74) is 13.1. The first-order valence-corrected chi connectivity index (χ1v) is 6.38. The second-order valence-electron chi connectivity index (χ2n) is 3.94. The Hall–Kier alpha value is -1.95. The Bertz CT molecular complexity index is 624. The second kappa shape index (κ2) is 5.14. The number of aryl methyl sites for hydroxylation is 1. The highest BCUT2D eigenvalue weighted by molar-refractivity contribution is 7.98. The van der Waals surface area contributed by atoms with Gasteiger partial charge in [0.25, 0.3) is 5.56 Å². The van der Waals surface area contributed by atoms with E-state index in [0.717, 1.165) is 5.56 Å². The van der Waals surface area contributed by atoms with Crippen LogP contribution in [0.2, 0.25) is 0 Å². The molecule has 0 saturated carbocycles. The molecule has 0 radical (unpaired) electrons. The number of rotatable bonds is 3. The molecule has 0 amide bonds. The lowest BCUT2D eigenvalue weighted by Gasteiger charge is -2.05. The van der Waals surface area contributed by atoms with Gasteiger partial charge >= 0.3 is 0 Å². The van der Waals surface area contributed by atoms with Crippen molar-refractivity contribution in [3.8, 4) is 0 Å². The van der Waals surface area contributed by atoms with Crippen LogP contribution in [0.3, 0.4) is 0 Å².